The van der Waals surface area contributed by atoms with Crippen molar-refractivity contribution in [2.45, 2.75) is 103 Å². The lowest BCUT2D eigenvalue weighted by molar-refractivity contribution is -0.172. The lowest BCUT2D eigenvalue weighted by atomic mass is 9.44. The van der Waals surface area contributed by atoms with Gasteiger partial charge in [-0.05, 0) is 100.0 Å². The SMILES string of the molecule is CC(=O)O[C@@H]1[C@H](N2CCCC2)C[C@@H]2[C@H]3CC[C@@H]4C[C@@H](O)[C@H](N5CCOCC5)C[C@@]4(C)[C@@H]3CC[C@]21C. The predicted octanol–water partition coefficient (Wildman–Crippen LogP) is 3.71. The molecule has 35 heavy (non-hydrogen) atoms. The zero-order valence-corrected chi connectivity index (χ0v) is 22.3. The van der Waals surface area contributed by atoms with Crippen LogP contribution in [0, 0.1) is 34.5 Å². The summed E-state index contributed by atoms with van der Waals surface area (Å²) < 4.78 is 11.8. The first-order valence-electron chi connectivity index (χ1n) is 14.7. The molecule has 0 unspecified atom stereocenters. The molecule has 6 nitrogen and oxygen atoms in total. The first-order chi connectivity index (χ1) is 16.8. The molecule has 0 bridgehead atoms. The Hall–Kier alpha value is -0.690. The molecule has 2 aliphatic heterocycles. The third-order valence-corrected chi connectivity index (χ3v) is 12.0. The van der Waals surface area contributed by atoms with Crippen molar-refractivity contribution < 1.29 is 19.4 Å². The van der Waals surface area contributed by atoms with Gasteiger partial charge in [0.05, 0.1) is 19.3 Å². The van der Waals surface area contributed by atoms with Crippen molar-refractivity contribution in [3.8, 4) is 0 Å². The van der Waals surface area contributed by atoms with E-state index in [0.717, 1.165) is 64.1 Å². The fourth-order valence-electron chi connectivity index (χ4n) is 10.3. The molecule has 4 aliphatic carbocycles. The summed E-state index contributed by atoms with van der Waals surface area (Å²) >= 11 is 0. The van der Waals surface area contributed by atoms with Gasteiger partial charge >= 0.3 is 5.97 Å². The molecule has 6 heteroatoms. The summed E-state index contributed by atoms with van der Waals surface area (Å²) in [5.74, 6) is 2.63. The molecule has 0 aromatic rings. The summed E-state index contributed by atoms with van der Waals surface area (Å²) in [6.07, 6.45) is 10.7. The van der Waals surface area contributed by atoms with Crippen LogP contribution in [-0.2, 0) is 14.3 Å². The first kappa shape index (κ1) is 24.6. The van der Waals surface area contributed by atoms with Gasteiger partial charge in [-0.1, -0.05) is 13.8 Å². The highest BCUT2D eigenvalue weighted by Crippen LogP contribution is 2.67. The van der Waals surface area contributed by atoms with Crippen LogP contribution >= 0.6 is 0 Å². The minimum Gasteiger partial charge on any atom is -0.460 e. The van der Waals surface area contributed by atoms with E-state index in [-0.39, 0.29) is 29.6 Å². The second-order valence-corrected chi connectivity index (χ2v) is 13.5. The number of nitrogens with zero attached hydrogens (tertiary/aromatic N) is 2. The summed E-state index contributed by atoms with van der Waals surface area (Å²) in [6, 6.07) is 0.678. The molecular formula is C29H48N2O4. The standard InChI is InChI=1S/C29H48N2O4/c1-19(32)35-27-24(30-10-4-5-11-30)17-23-21-7-6-20-16-26(33)25(31-12-14-34-15-13-31)18-29(20,3)22(21)8-9-28(23,27)2/h20-27,33H,4-18H2,1-3H3/t20-,21+,22-,23-,24-,25-,26-,27-,28-,29-/m1/s1. The molecule has 0 radical (unpaired) electrons. The van der Waals surface area contributed by atoms with Crippen LogP contribution in [0.15, 0.2) is 0 Å². The summed E-state index contributed by atoms with van der Waals surface area (Å²) in [7, 11) is 0. The lowest BCUT2D eigenvalue weighted by Gasteiger charge is -2.62. The molecule has 4 saturated carbocycles. The van der Waals surface area contributed by atoms with Crippen molar-refractivity contribution in [2.24, 2.45) is 34.5 Å². The van der Waals surface area contributed by atoms with Crippen LogP contribution in [-0.4, -0.2) is 84.6 Å². The highest BCUT2D eigenvalue weighted by Gasteiger charge is 2.65. The molecule has 0 aromatic carbocycles. The van der Waals surface area contributed by atoms with E-state index in [1.165, 1.54) is 44.9 Å². The molecule has 2 saturated heterocycles. The Morgan fingerprint density at radius 3 is 2.34 bits per heavy atom. The second-order valence-electron chi connectivity index (χ2n) is 13.5. The van der Waals surface area contributed by atoms with Crippen LogP contribution in [0.4, 0.5) is 0 Å². The maximum Gasteiger partial charge on any atom is 0.302 e. The Labute approximate surface area is 212 Å². The summed E-state index contributed by atoms with van der Waals surface area (Å²) in [6.45, 7) is 12.5. The van der Waals surface area contributed by atoms with Crippen molar-refractivity contribution in [1.29, 1.82) is 0 Å². The van der Waals surface area contributed by atoms with Crippen LogP contribution in [0.1, 0.15) is 78.6 Å². The average molecular weight is 489 g/mol. The molecular weight excluding hydrogens is 440 g/mol. The number of morpholine rings is 1. The number of hydrogen-bond acceptors (Lipinski definition) is 6. The Bertz CT molecular complexity index is 796. The minimum absolute atomic E-state index is 0.0452. The molecule has 1 N–H and O–H groups in total. The molecule has 198 valence electrons. The highest BCUT2D eigenvalue weighted by molar-refractivity contribution is 5.66. The van der Waals surface area contributed by atoms with Crippen LogP contribution < -0.4 is 0 Å². The third kappa shape index (κ3) is 4.00. The molecule has 0 amide bonds. The maximum absolute atomic E-state index is 12.2. The second kappa shape index (κ2) is 9.25. The van der Waals surface area contributed by atoms with E-state index in [2.05, 4.69) is 23.6 Å². The van der Waals surface area contributed by atoms with Crippen molar-refractivity contribution in [3.05, 3.63) is 0 Å². The lowest BCUT2D eigenvalue weighted by Crippen LogP contribution is -2.61. The molecule has 6 fully saturated rings. The minimum atomic E-state index is -0.198. The van der Waals surface area contributed by atoms with Gasteiger partial charge in [0, 0.05) is 37.5 Å². The summed E-state index contributed by atoms with van der Waals surface area (Å²) in [5, 5.41) is 11.2. The Morgan fingerprint density at radius 1 is 0.914 bits per heavy atom. The van der Waals surface area contributed by atoms with Crippen molar-refractivity contribution in [2.75, 3.05) is 39.4 Å². The average Bonchev–Trinajstić information content (AvgIpc) is 3.46. The van der Waals surface area contributed by atoms with E-state index >= 15 is 0 Å². The maximum atomic E-state index is 12.2. The van der Waals surface area contributed by atoms with Gasteiger partial charge in [-0.15, -0.1) is 0 Å². The van der Waals surface area contributed by atoms with Crippen LogP contribution in [0.2, 0.25) is 0 Å². The summed E-state index contributed by atoms with van der Waals surface area (Å²) in [5.41, 5.74) is 0.399. The first-order valence-corrected chi connectivity index (χ1v) is 14.7. The number of aliphatic hydroxyl groups is 1. The van der Waals surface area contributed by atoms with Crippen molar-refractivity contribution in [3.63, 3.8) is 0 Å². The van der Waals surface area contributed by atoms with E-state index < -0.39 is 0 Å². The van der Waals surface area contributed by atoms with E-state index in [4.69, 9.17) is 9.47 Å². The normalized spacial score (nSPS) is 50.9. The fourth-order valence-corrected chi connectivity index (χ4v) is 10.3. The number of carbonyl (C=O) groups is 1. The number of aliphatic hydroxyl groups excluding tert-OH is 1. The number of fused-ring (bicyclic) bond motifs is 5. The van der Waals surface area contributed by atoms with E-state index in [1.807, 2.05) is 0 Å². The molecule has 0 aromatic heterocycles. The largest absolute Gasteiger partial charge is 0.460 e. The third-order valence-electron chi connectivity index (χ3n) is 12.0. The molecule has 10 atom stereocenters. The molecule has 0 spiro atoms. The highest BCUT2D eigenvalue weighted by atomic mass is 16.5. The van der Waals surface area contributed by atoms with Gasteiger partial charge in [-0.2, -0.15) is 0 Å². The van der Waals surface area contributed by atoms with Crippen LogP contribution in [0.5, 0.6) is 0 Å². The number of carbonyl (C=O) groups excluding carboxylic acids is 1. The van der Waals surface area contributed by atoms with Crippen molar-refractivity contribution in [1.82, 2.24) is 9.80 Å². The zero-order valence-electron chi connectivity index (χ0n) is 22.3. The quantitative estimate of drug-likeness (QED) is 0.611. The van der Waals surface area contributed by atoms with Gasteiger partial charge in [-0.25, -0.2) is 0 Å². The zero-order chi connectivity index (χ0) is 24.4. The predicted molar refractivity (Wildman–Crippen MR) is 135 cm³/mol. The molecule has 2 heterocycles. The Kier molecular flexibility index (Phi) is 6.51. The smallest absolute Gasteiger partial charge is 0.302 e. The van der Waals surface area contributed by atoms with Gasteiger partial charge in [-0.3, -0.25) is 14.6 Å². The summed E-state index contributed by atoms with van der Waals surface area (Å²) in [4.78, 5) is 17.4. The fraction of sp³-hybridized carbons (Fsp3) is 0.966. The number of rotatable bonds is 3. The monoisotopic (exact) mass is 488 g/mol. The van der Waals surface area contributed by atoms with E-state index in [9.17, 15) is 9.90 Å². The topological polar surface area (TPSA) is 62.2 Å². The molecule has 6 rings (SSSR count). The molecule has 6 aliphatic rings. The Balaban J connectivity index is 1.27. The number of esters is 1. The van der Waals surface area contributed by atoms with Crippen molar-refractivity contribution >= 4 is 5.97 Å². The van der Waals surface area contributed by atoms with Gasteiger partial charge in [0.25, 0.3) is 0 Å². The Morgan fingerprint density at radius 2 is 1.63 bits per heavy atom. The van der Waals surface area contributed by atoms with E-state index in [1.54, 1.807) is 6.92 Å². The number of likely N-dealkylation sites (tertiary alicyclic amines) is 1. The number of ether oxygens (including phenoxy) is 2. The van der Waals surface area contributed by atoms with E-state index in [0.29, 0.717) is 23.3 Å². The van der Waals surface area contributed by atoms with Crippen LogP contribution in [0.3, 0.4) is 0 Å². The number of hydrogen-bond donors (Lipinski definition) is 1. The van der Waals surface area contributed by atoms with Gasteiger partial charge in [0.1, 0.15) is 6.10 Å². The van der Waals surface area contributed by atoms with Gasteiger partial charge in [0.2, 0.25) is 0 Å². The van der Waals surface area contributed by atoms with Gasteiger partial charge < -0.3 is 14.6 Å². The van der Waals surface area contributed by atoms with Crippen LogP contribution in [0.25, 0.3) is 0 Å². The van der Waals surface area contributed by atoms with Gasteiger partial charge in [0.15, 0.2) is 0 Å².